The molecule has 1 amide bonds. The van der Waals surface area contributed by atoms with Crippen LogP contribution >= 0.6 is 0 Å². The SMILES string of the molecule is CN(C(=O)C1(C)CCNC1)c1ccncc1. The number of rotatable bonds is 2. The lowest BCUT2D eigenvalue weighted by atomic mass is 9.88. The van der Waals surface area contributed by atoms with Gasteiger partial charge in [0.2, 0.25) is 5.91 Å². The van der Waals surface area contributed by atoms with Crippen LogP contribution in [0.2, 0.25) is 0 Å². The summed E-state index contributed by atoms with van der Waals surface area (Å²) in [6, 6.07) is 3.70. The summed E-state index contributed by atoms with van der Waals surface area (Å²) in [7, 11) is 1.82. The van der Waals surface area contributed by atoms with Gasteiger partial charge in [0.1, 0.15) is 0 Å². The number of hydrogen-bond acceptors (Lipinski definition) is 3. The molecule has 1 fully saturated rings. The summed E-state index contributed by atoms with van der Waals surface area (Å²) in [5, 5.41) is 3.24. The molecule has 4 nitrogen and oxygen atoms in total. The number of hydrogen-bond donors (Lipinski definition) is 1. The fraction of sp³-hybridized carbons (Fsp3) is 0.500. The Morgan fingerprint density at radius 3 is 2.75 bits per heavy atom. The van der Waals surface area contributed by atoms with Crippen LogP contribution in [0.4, 0.5) is 5.69 Å². The molecule has 1 aromatic heterocycles. The molecule has 2 rings (SSSR count). The van der Waals surface area contributed by atoms with Crippen LogP contribution in [0.1, 0.15) is 13.3 Å². The van der Waals surface area contributed by atoms with Crippen molar-refractivity contribution in [3.8, 4) is 0 Å². The summed E-state index contributed by atoms with van der Waals surface area (Å²) in [5.41, 5.74) is 0.631. The van der Waals surface area contributed by atoms with Gasteiger partial charge >= 0.3 is 0 Å². The molecule has 1 aromatic rings. The minimum Gasteiger partial charge on any atom is -0.316 e. The van der Waals surface area contributed by atoms with Crippen molar-refractivity contribution >= 4 is 11.6 Å². The van der Waals surface area contributed by atoms with Gasteiger partial charge < -0.3 is 10.2 Å². The van der Waals surface area contributed by atoms with E-state index in [1.54, 1.807) is 17.3 Å². The van der Waals surface area contributed by atoms with Crippen LogP contribution in [-0.4, -0.2) is 31.0 Å². The maximum absolute atomic E-state index is 12.3. The smallest absolute Gasteiger partial charge is 0.233 e. The van der Waals surface area contributed by atoms with Gasteiger partial charge in [0.05, 0.1) is 5.41 Å². The predicted octanol–water partition coefficient (Wildman–Crippen LogP) is 1.04. The van der Waals surface area contributed by atoms with E-state index in [9.17, 15) is 4.79 Å². The van der Waals surface area contributed by atoms with Gasteiger partial charge in [-0.15, -0.1) is 0 Å². The number of aromatic nitrogens is 1. The first-order valence-electron chi connectivity index (χ1n) is 5.52. The van der Waals surface area contributed by atoms with E-state index in [0.717, 1.165) is 25.2 Å². The third-order valence-electron chi connectivity index (χ3n) is 3.24. The van der Waals surface area contributed by atoms with Crippen molar-refractivity contribution in [2.24, 2.45) is 5.41 Å². The van der Waals surface area contributed by atoms with E-state index in [4.69, 9.17) is 0 Å². The van der Waals surface area contributed by atoms with Crippen LogP contribution in [0.5, 0.6) is 0 Å². The molecule has 1 atom stereocenters. The van der Waals surface area contributed by atoms with Gasteiger partial charge in [-0.1, -0.05) is 0 Å². The van der Waals surface area contributed by atoms with Gasteiger partial charge in [-0.25, -0.2) is 0 Å². The Morgan fingerprint density at radius 2 is 2.19 bits per heavy atom. The first kappa shape index (κ1) is 11.1. The number of anilines is 1. The molecule has 1 N–H and O–H groups in total. The van der Waals surface area contributed by atoms with Crippen LogP contribution in [-0.2, 0) is 4.79 Å². The lowest BCUT2D eigenvalue weighted by Crippen LogP contribution is -2.41. The van der Waals surface area contributed by atoms with Gasteiger partial charge in [0.15, 0.2) is 0 Å². The Morgan fingerprint density at radius 1 is 1.50 bits per heavy atom. The zero-order chi connectivity index (χ0) is 11.6. The second-order valence-electron chi connectivity index (χ2n) is 4.56. The molecule has 16 heavy (non-hydrogen) atoms. The van der Waals surface area contributed by atoms with E-state index in [2.05, 4.69) is 10.3 Å². The molecule has 0 aromatic carbocycles. The summed E-state index contributed by atoms with van der Waals surface area (Å²) in [5.74, 6) is 0.170. The highest BCUT2D eigenvalue weighted by molar-refractivity contribution is 5.97. The Hall–Kier alpha value is -1.42. The van der Waals surface area contributed by atoms with Crippen molar-refractivity contribution in [1.29, 1.82) is 0 Å². The maximum atomic E-state index is 12.3. The van der Waals surface area contributed by atoms with E-state index in [0.29, 0.717) is 0 Å². The van der Waals surface area contributed by atoms with Crippen molar-refractivity contribution in [1.82, 2.24) is 10.3 Å². The van der Waals surface area contributed by atoms with Gasteiger partial charge in [0, 0.05) is 31.7 Å². The Labute approximate surface area is 95.7 Å². The maximum Gasteiger partial charge on any atom is 0.233 e. The molecule has 1 aliphatic rings. The Kier molecular flexibility index (Phi) is 2.92. The third-order valence-corrected chi connectivity index (χ3v) is 3.24. The average molecular weight is 219 g/mol. The molecule has 0 radical (unpaired) electrons. The average Bonchev–Trinajstić information content (AvgIpc) is 2.77. The van der Waals surface area contributed by atoms with Crippen LogP contribution in [0.3, 0.4) is 0 Å². The van der Waals surface area contributed by atoms with Crippen LogP contribution < -0.4 is 10.2 Å². The zero-order valence-electron chi connectivity index (χ0n) is 9.73. The third kappa shape index (κ3) is 1.93. The molecule has 0 aliphatic carbocycles. The number of carbonyl (C=O) groups excluding carboxylic acids is 1. The first-order chi connectivity index (χ1) is 7.63. The van der Waals surface area contributed by atoms with E-state index in [-0.39, 0.29) is 11.3 Å². The second kappa shape index (κ2) is 4.22. The molecular weight excluding hydrogens is 202 g/mol. The van der Waals surface area contributed by atoms with Crippen molar-refractivity contribution < 1.29 is 4.79 Å². The number of nitrogens with one attached hydrogen (secondary N) is 1. The van der Waals surface area contributed by atoms with Crippen LogP contribution in [0, 0.1) is 5.41 Å². The molecule has 0 spiro atoms. The lowest BCUT2D eigenvalue weighted by molar-refractivity contribution is -0.126. The fourth-order valence-corrected chi connectivity index (χ4v) is 2.09. The van der Waals surface area contributed by atoms with Crippen molar-refractivity contribution in [2.45, 2.75) is 13.3 Å². The van der Waals surface area contributed by atoms with Crippen LogP contribution in [0.15, 0.2) is 24.5 Å². The molecule has 1 saturated heterocycles. The fourth-order valence-electron chi connectivity index (χ4n) is 2.09. The normalized spacial score (nSPS) is 24.4. The molecule has 1 unspecified atom stereocenters. The summed E-state index contributed by atoms with van der Waals surface area (Å²) in [6.45, 7) is 3.71. The van der Waals surface area contributed by atoms with E-state index in [1.165, 1.54) is 0 Å². The summed E-state index contributed by atoms with van der Waals surface area (Å²) < 4.78 is 0. The molecule has 2 heterocycles. The van der Waals surface area contributed by atoms with Gasteiger partial charge in [0.25, 0.3) is 0 Å². The highest BCUT2D eigenvalue weighted by atomic mass is 16.2. The van der Waals surface area contributed by atoms with Crippen molar-refractivity contribution in [2.75, 3.05) is 25.0 Å². The number of nitrogens with zero attached hydrogens (tertiary/aromatic N) is 2. The molecule has 0 saturated carbocycles. The van der Waals surface area contributed by atoms with Crippen molar-refractivity contribution in [3.05, 3.63) is 24.5 Å². The first-order valence-corrected chi connectivity index (χ1v) is 5.52. The minimum absolute atomic E-state index is 0.170. The van der Waals surface area contributed by atoms with Crippen molar-refractivity contribution in [3.63, 3.8) is 0 Å². The standard InChI is InChI=1S/C12H17N3O/c1-12(5-8-14-9-12)11(16)15(2)10-3-6-13-7-4-10/h3-4,6-7,14H,5,8-9H2,1-2H3. The largest absolute Gasteiger partial charge is 0.316 e. The number of amides is 1. The topological polar surface area (TPSA) is 45.2 Å². The Balaban J connectivity index is 2.16. The highest BCUT2D eigenvalue weighted by Crippen LogP contribution is 2.28. The molecule has 0 bridgehead atoms. The minimum atomic E-state index is -0.266. The molecular formula is C12H17N3O. The Bertz CT molecular complexity index is 371. The predicted molar refractivity (Wildman–Crippen MR) is 63.2 cm³/mol. The van der Waals surface area contributed by atoms with E-state index in [1.807, 2.05) is 26.1 Å². The van der Waals surface area contributed by atoms with E-state index < -0.39 is 0 Å². The second-order valence-corrected chi connectivity index (χ2v) is 4.56. The molecule has 86 valence electrons. The lowest BCUT2D eigenvalue weighted by Gasteiger charge is -2.28. The highest BCUT2D eigenvalue weighted by Gasteiger charge is 2.38. The summed E-state index contributed by atoms with van der Waals surface area (Å²) in [4.78, 5) is 18.0. The monoisotopic (exact) mass is 219 g/mol. The summed E-state index contributed by atoms with van der Waals surface area (Å²) in [6.07, 6.45) is 4.31. The number of carbonyl (C=O) groups is 1. The number of pyridine rings is 1. The van der Waals surface area contributed by atoms with Gasteiger partial charge in [-0.3, -0.25) is 9.78 Å². The zero-order valence-corrected chi connectivity index (χ0v) is 9.73. The quantitative estimate of drug-likeness (QED) is 0.808. The van der Waals surface area contributed by atoms with Crippen LogP contribution in [0.25, 0.3) is 0 Å². The molecule has 1 aliphatic heterocycles. The van der Waals surface area contributed by atoms with E-state index >= 15 is 0 Å². The summed E-state index contributed by atoms with van der Waals surface area (Å²) >= 11 is 0. The van der Waals surface area contributed by atoms with Gasteiger partial charge in [-0.05, 0) is 32.0 Å². The van der Waals surface area contributed by atoms with Gasteiger partial charge in [-0.2, -0.15) is 0 Å². The molecule has 4 heteroatoms.